The van der Waals surface area contributed by atoms with Gasteiger partial charge in [0.2, 0.25) is 0 Å². The van der Waals surface area contributed by atoms with Gasteiger partial charge in [0, 0.05) is 13.2 Å². The number of nitrogens with one attached hydrogen (secondary N) is 2. The van der Waals surface area contributed by atoms with Crippen molar-refractivity contribution < 1.29 is 24.0 Å². The molecule has 94 valence electrons. The maximum Gasteiger partial charge on any atom is 0.328 e. The van der Waals surface area contributed by atoms with E-state index in [-0.39, 0.29) is 13.2 Å². The lowest BCUT2D eigenvalue weighted by atomic mass is 10.3. The Morgan fingerprint density at radius 2 is 2.41 bits per heavy atom. The van der Waals surface area contributed by atoms with E-state index in [1.807, 2.05) is 0 Å². The summed E-state index contributed by atoms with van der Waals surface area (Å²) in [7, 11) is 1.35. The first-order valence-electron chi connectivity index (χ1n) is 4.79. The fourth-order valence-electron chi connectivity index (χ4n) is 1.05. The lowest BCUT2D eigenvalue weighted by molar-refractivity contribution is -0.140. The average Bonchev–Trinajstić information content (AvgIpc) is 2.78. The van der Waals surface area contributed by atoms with Crippen molar-refractivity contribution >= 4 is 12.0 Å². The fraction of sp³-hybridized carbons (Fsp3) is 0.444. The van der Waals surface area contributed by atoms with E-state index in [2.05, 4.69) is 25.1 Å². The highest BCUT2D eigenvalue weighted by Crippen LogP contribution is 1.93. The number of rotatable bonds is 6. The van der Waals surface area contributed by atoms with Crippen LogP contribution in [0.4, 0.5) is 4.79 Å². The van der Waals surface area contributed by atoms with Crippen molar-refractivity contribution in [2.24, 2.45) is 0 Å². The number of carbonyl (C=O) groups excluding carboxylic acids is 1. The average molecular weight is 243 g/mol. The first-order chi connectivity index (χ1) is 8.13. The minimum atomic E-state index is -1.16. The monoisotopic (exact) mass is 243 g/mol. The van der Waals surface area contributed by atoms with Crippen molar-refractivity contribution in [2.45, 2.75) is 12.6 Å². The molecule has 0 saturated heterocycles. The molecule has 1 unspecified atom stereocenters. The summed E-state index contributed by atoms with van der Waals surface area (Å²) in [5.74, 6) is -1.16. The lowest BCUT2D eigenvalue weighted by Gasteiger charge is -2.13. The highest BCUT2D eigenvalue weighted by molar-refractivity contribution is 5.82. The molecule has 0 fully saturated rings. The van der Waals surface area contributed by atoms with Gasteiger partial charge in [0.05, 0.1) is 13.2 Å². The topological polar surface area (TPSA) is 114 Å². The summed E-state index contributed by atoms with van der Waals surface area (Å²) in [6.45, 7) is 0.0500. The molecule has 1 heterocycles. The van der Waals surface area contributed by atoms with E-state index in [1.54, 1.807) is 6.07 Å². The molecule has 8 nitrogen and oxygen atoms in total. The van der Waals surface area contributed by atoms with Crippen molar-refractivity contribution in [3.05, 3.63) is 18.0 Å². The van der Waals surface area contributed by atoms with E-state index in [1.165, 1.54) is 13.4 Å². The van der Waals surface area contributed by atoms with Gasteiger partial charge in [0.25, 0.3) is 0 Å². The molecule has 0 aliphatic rings. The summed E-state index contributed by atoms with van der Waals surface area (Å²) in [5, 5.41) is 17.0. The Labute approximate surface area is 96.9 Å². The molecule has 0 aromatic carbocycles. The first kappa shape index (κ1) is 13.0. The molecule has 0 saturated carbocycles. The molecule has 2 amide bonds. The molecule has 0 bridgehead atoms. The minimum Gasteiger partial charge on any atom is -0.480 e. The predicted octanol–water partition coefficient (Wildman–Crippen LogP) is -0.427. The van der Waals surface area contributed by atoms with Crippen LogP contribution in [0.1, 0.15) is 5.69 Å². The van der Waals surface area contributed by atoms with Crippen LogP contribution in [0.3, 0.4) is 0 Å². The van der Waals surface area contributed by atoms with E-state index in [0.717, 1.165) is 0 Å². The van der Waals surface area contributed by atoms with E-state index >= 15 is 0 Å². The molecule has 3 N–H and O–H groups in total. The van der Waals surface area contributed by atoms with Gasteiger partial charge in [0.1, 0.15) is 12.0 Å². The number of nitrogens with zero attached hydrogens (tertiary/aromatic N) is 1. The molecular weight excluding hydrogens is 230 g/mol. The number of carboxylic acids is 1. The molecule has 0 radical (unpaired) electrons. The van der Waals surface area contributed by atoms with Crippen LogP contribution in [-0.2, 0) is 16.1 Å². The maximum absolute atomic E-state index is 11.3. The Morgan fingerprint density at radius 3 is 2.94 bits per heavy atom. The maximum atomic E-state index is 11.3. The Kier molecular flexibility index (Phi) is 4.95. The van der Waals surface area contributed by atoms with Crippen LogP contribution in [0, 0.1) is 0 Å². The molecule has 0 aliphatic carbocycles. The second-order valence-corrected chi connectivity index (χ2v) is 3.16. The number of carboxylic acid groups (broad SMARTS) is 1. The number of aromatic nitrogens is 1. The standard InChI is InChI=1S/C9H13N3O5/c1-16-5-7(8(13)14)11-9(15)10-4-6-2-3-17-12-6/h2-3,7H,4-5H2,1H3,(H,13,14)(H2,10,11,15). The summed E-state index contributed by atoms with van der Waals surface area (Å²) in [6.07, 6.45) is 1.37. The van der Waals surface area contributed by atoms with Crippen LogP contribution in [0.15, 0.2) is 16.9 Å². The smallest absolute Gasteiger partial charge is 0.328 e. The Balaban J connectivity index is 2.34. The minimum absolute atomic E-state index is 0.104. The van der Waals surface area contributed by atoms with Crippen LogP contribution in [0.25, 0.3) is 0 Å². The van der Waals surface area contributed by atoms with Crippen LogP contribution in [0.5, 0.6) is 0 Å². The van der Waals surface area contributed by atoms with Gasteiger partial charge in [-0.05, 0) is 0 Å². The predicted molar refractivity (Wildman–Crippen MR) is 55.2 cm³/mol. The molecule has 0 aliphatic heterocycles. The quantitative estimate of drug-likeness (QED) is 0.625. The van der Waals surface area contributed by atoms with E-state index in [0.29, 0.717) is 5.69 Å². The Hall–Kier alpha value is -2.09. The second-order valence-electron chi connectivity index (χ2n) is 3.16. The zero-order valence-corrected chi connectivity index (χ0v) is 9.17. The number of aliphatic carboxylic acids is 1. The molecule has 1 atom stereocenters. The largest absolute Gasteiger partial charge is 0.480 e. The summed E-state index contributed by atoms with van der Waals surface area (Å²) in [6, 6.07) is -0.112. The number of ether oxygens (including phenoxy) is 1. The Bertz CT molecular complexity index is 365. The third-order valence-corrected chi connectivity index (χ3v) is 1.86. The number of carbonyl (C=O) groups is 2. The van der Waals surface area contributed by atoms with Gasteiger partial charge in [-0.3, -0.25) is 0 Å². The van der Waals surface area contributed by atoms with Crippen molar-refractivity contribution in [1.29, 1.82) is 0 Å². The van der Waals surface area contributed by atoms with Crippen LogP contribution in [0.2, 0.25) is 0 Å². The van der Waals surface area contributed by atoms with Gasteiger partial charge in [-0.2, -0.15) is 0 Å². The number of hydrogen-bond donors (Lipinski definition) is 3. The summed E-state index contributed by atoms with van der Waals surface area (Å²) < 4.78 is 9.23. The van der Waals surface area contributed by atoms with Gasteiger partial charge in [-0.1, -0.05) is 5.16 Å². The van der Waals surface area contributed by atoms with Crippen molar-refractivity contribution in [3.63, 3.8) is 0 Å². The van der Waals surface area contributed by atoms with Crippen molar-refractivity contribution in [2.75, 3.05) is 13.7 Å². The van der Waals surface area contributed by atoms with E-state index in [9.17, 15) is 9.59 Å². The lowest BCUT2D eigenvalue weighted by Crippen LogP contribution is -2.48. The van der Waals surface area contributed by atoms with Crippen molar-refractivity contribution in [1.82, 2.24) is 15.8 Å². The first-order valence-corrected chi connectivity index (χ1v) is 4.79. The third kappa shape index (κ3) is 4.51. The highest BCUT2D eigenvalue weighted by atomic mass is 16.5. The zero-order valence-electron chi connectivity index (χ0n) is 9.17. The van der Waals surface area contributed by atoms with Gasteiger partial charge in [0.15, 0.2) is 6.04 Å². The summed E-state index contributed by atoms with van der Waals surface area (Å²) in [5.41, 5.74) is 0.541. The number of hydrogen-bond acceptors (Lipinski definition) is 5. The fourth-order valence-corrected chi connectivity index (χ4v) is 1.05. The van der Waals surface area contributed by atoms with Crippen LogP contribution >= 0.6 is 0 Å². The third-order valence-electron chi connectivity index (χ3n) is 1.86. The number of methoxy groups -OCH3 is 1. The summed E-state index contributed by atoms with van der Waals surface area (Å²) >= 11 is 0. The van der Waals surface area contributed by atoms with Crippen LogP contribution in [-0.4, -0.2) is 42.0 Å². The molecule has 1 aromatic rings. The molecule has 1 rings (SSSR count). The molecule has 0 spiro atoms. The van der Waals surface area contributed by atoms with Crippen LogP contribution < -0.4 is 10.6 Å². The Morgan fingerprint density at radius 1 is 1.65 bits per heavy atom. The SMILES string of the molecule is COCC(NC(=O)NCc1ccon1)C(=O)O. The second kappa shape index (κ2) is 6.48. The van der Waals surface area contributed by atoms with Crippen molar-refractivity contribution in [3.8, 4) is 0 Å². The van der Waals surface area contributed by atoms with E-state index < -0.39 is 18.0 Å². The van der Waals surface area contributed by atoms with Gasteiger partial charge < -0.3 is 25.0 Å². The molecular formula is C9H13N3O5. The normalized spacial score (nSPS) is 11.8. The molecule has 1 aromatic heterocycles. The van der Waals surface area contributed by atoms with E-state index in [4.69, 9.17) is 5.11 Å². The molecule has 8 heteroatoms. The highest BCUT2D eigenvalue weighted by Gasteiger charge is 2.19. The number of amides is 2. The van der Waals surface area contributed by atoms with Gasteiger partial charge >= 0.3 is 12.0 Å². The molecule has 17 heavy (non-hydrogen) atoms. The zero-order chi connectivity index (χ0) is 12.7. The van der Waals surface area contributed by atoms with Gasteiger partial charge in [-0.25, -0.2) is 9.59 Å². The summed E-state index contributed by atoms with van der Waals surface area (Å²) in [4.78, 5) is 22.0. The van der Waals surface area contributed by atoms with Gasteiger partial charge in [-0.15, -0.1) is 0 Å². The number of urea groups is 1.